The van der Waals surface area contributed by atoms with Crippen molar-refractivity contribution >= 4 is 23.5 Å². The number of amides is 2. The lowest BCUT2D eigenvalue weighted by atomic mass is 9.84. The molecule has 3 aliphatic rings. The van der Waals surface area contributed by atoms with Crippen LogP contribution in [0, 0.1) is 11.3 Å². The number of anilines is 1. The molecule has 3 heterocycles. The average molecular weight is 636 g/mol. The van der Waals surface area contributed by atoms with Crippen molar-refractivity contribution in [1.29, 1.82) is 0 Å². The highest BCUT2D eigenvalue weighted by Crippen LogP contribution is 2.43. The molecule has 3 atom stereocenters. The number of quaternary nitrogens is 1. The van der Waals surface area contributed by atoms with Crippen LogP contribution in [0.3, 0.4) is 0 Å². The third kappa shape index (κ3) is 7.50. The van der Waals surface area contributed by atoms with Crippen LogP contribution in [0.15, 0.2) is 42.5 Å². The van der Waals surface area contributed by atoms with Gasteiger partial charge in [0.2, 0.25) is 18.6 Å². The zero-order chi connectivity index (χ0) is 33.2. The second-order valence-electron chi connectivity index (χ2n) is 14.8. The van der Waals surface area contributed by atoms with Gasteiger partial charge < -0.3 is 28.9 Å². The summed E-state index contributed by atoms with van der Waals surface area (Å²) in [5.74, 6) is -0.694. The van der Waals surface area contributed by atoms with Crippen LogP contribution in [0.5, 0.6) is 11.5 Å². The van der Waals surface area contributed by atoms with Crippen molar-refractivity contribution in [2.24, 2.45) is 11.3 Å². The van der Waals surface area contributed by atoms with E-state index in [9.17, 15) is 19.5 Å². The molecule has 46 heavy (non-hydrogen) atoms. The second kappa shape index (κ2) is 13.6. The van der Waals surface area contributed by atoms with Gasteiger partial charge >= 0.3 is 5.97 Å². The molecule has 2 aromatic rings. The van der Waals surface area contributed by atoms with Crippen molar-refractivity contribution in [3.8, 4) is 11.5 Å². The van der Waals surface area contributed by atoms with Crippen molar-refractivity contribution in [1.82, 2.24) is 9.80 Å². The van der Waals surface area contributed by atoms with Gasteiger partial charge in [-0.3, -0.25) is 19.3 Å². The van der Waals surface area contributed by atoms with Crippen LogP contribution in [0.1, 0.15) is 63.5 Å². The first-order valence-corrected chi connectivity index (χ1v) is 16.6. The summed E-state index contributed by atoms with van der Waals surface area (Å²) in [7, 11) is 6.44. The van der Waals surface area contributed by atoms with Gasteiger partial charge in [0.15, 0.2) is 11.5 Å². The second-order valence-corrected chi connectivity index (χ2v) is 14.8. The van der Waals surface area contributed by atoms with Crippen molar-refractivity contribution < 1.29 is 33.4 Å². The SMILES string of the molecule is CCCCN(C(=O)CN1C[C@H](c2ccc3c(c2)OCO3)[C@@H](C(=O)O)[C@@H]1CCN1CCC(C)(C)C1=O)c1cccc(C[N+](C)(C)C)c1. The van der Waals surface area contributed by atoms with Crippen LogP contribution in [0.4, 0.5) is 5.69 Å². The Balaban J connectivity index is 1.43. The lowest BCUT2D eigenvalue weighted by Gasteiger charge is -2.31. The zero-order valence-corrected chi connectivity index (χ0v) is 28.3. The van der Waals surface area contributed by atoms with E-state index in [-0.39, 0.29) is 31.1 Å². The highest BCUT2D eigenvalue weighted by Gasteiger charge is 2.48. The van der Waals surface area contributed by atoms with E-state index in [0.29, 0.717) is 44.1 Å². The van der Waals surface area contributed by atoms with E-state index < -0.39 is 23.3 Å². The normalized spacial score (nSPS) is 22.4. The summed E-state index contributed by atoms with van der Waals surface area (Å²) >= 11 is 0. The van der Waals surface area contributed by atoms with Crippen LogP contribution in [-0.2, 0) is 20.9 Å². The number of carbonyl (C=O) groups is 3. The van der Waals surface area contributed by atoms with Crippen LogP contribution >= 0.6 is 0 Å². The van der Waals surface area contributed by atoms with Crippen LogP contribution in [0.25, 0.3) is 0 Å². The highest BCUT2D eigenvalue weighted by molar-refractivity contribution is 5.95. The summed E-state index contributed by atoms with van der Waals surface area (Å²) in [5.41, 5.74) is 2.47. The van der Waals surface area contributed by atoms with E-state index in [1.54, 1.807) is 0 Å². The average Bonchev–Trinajstić information content (AvgIpc) is 3.67. The lowest BCUT2D eigenvalue weighted by molar-refractivity contribution is -0.884. The summed E-state index contributed by atoms with van der Waals surface area (Å²) in [6, 6.07) is 13.4. The maximum absolute atomic E-state index is 14.3. The molecule has 0 spiro atoms. The molecule has 0 unspecified atom stereocenters. The topological polar surface area (TPSA) is 99.6 Å². The molecule has 250 valence electrons. The molecule has 2 fully saturated rings. The molecule has 2 saturated heterocycles. The molecule has 0 radical (unpaired) electrons. The van der Waals surface area contributed by atoms with Crippen molar-refractivity contribution in [3.63, 3.8) is 0 Å². The maximum atomic E-state index is 14.3. The smallest absolute Gasteiger partial charge is 0.308 e. The predicted molar refractivity (Wildman–Crippen MR) is 177 cm³/mol. The summed E-state index contributed by atoms with van der Waals surface area (Å²) in [6.45, 7) is 9.23. The molecule has 10 nitrogen and oxygen atoms in total. The van der Waals surface area contributed by atoms with Gasteiger partial charge in [-0.05, 0) is 49.1 Å². The summed E-state index contributed by atoms with van der Waals surface area (Å²) in [5, 5.41) is 10.7. The molecule has 10 heteroatoms. The number of carbonyl (C=O) groups excluding carboxylic acids is 2. The van der Waals surface area contributed by atoms with Gasteiger partial charge in [0, 0.05) is 54.8 Å². The Hall–Kier alpha value is -3.63. The number of benzene rings is 2. The van der Waals surface area contributed by atoms with Crippen molar-refractivity contribution in [3.05, 3.63) is 53.6 Å². The first-order valence-electron chi connectivity index (χ1n) is 16.6. The van der Waals surface area contributed by atoms with Crippen LogP contribution in [0.2, 0.25) is 0 Å². The molecular weight excluding hydrogens is 584 g/mol. The van der Waals surface area contributed by atoms with Gasteiger partial charge in [0.05, 0.1) is 33.6 Å². The number of hydrogen-bond donors (Lipinski definition) is 1. The van der Waals surface area contributed by atoms with E-state index in [0.717, 1.165) is 47.1 Å². The van der Waals surface area contributed by atoms with Crippen LogP contribution < -0.4 is 14.4 Å². The van der Waals surface area contributed by atoms with Gasteiger partial charge in [-0.15, -0.1) is 0 Å². The summed E-state index contributed by atoms with van der Waals surface area (Å²) < 4.78 is 11.9. The van der Waals surface area contributed by atoms with Gasteiger partial charge in [0.1, 0.15) is 6.54 Å². The Morgan fingerprint density at radius 1 is 1.09 bits per heavy atom. The van der Waals surface area contributed by atoms with Gasteiger partial charge in [-0.2, -0.15) is 0 Å². The highest BCUT2D eigenvalue weighted by atomic mass is 16.7. The van der Waals surface area contributed by atoms with E-state index in [4.69, 9.17) is 9.47 Å². The van der Waals surface area contributed by atoms with Crippen molar-refractivity contribution in [2.75, 3.05) is 65.6 Å². The Morgan fingerprint density at radius 3 is 2.52 bits per heavy atom. The first kappa shape index (κ1) is 33.7. The molecule has 0 aromatic heterocycles. The predicted octanol–water partition coefficient (Wildman–Crippen LogP) is 4.57. The molecule has 3 aliphatic heterocycles. The molecule has 1 N–H and O–H groups in total. The van der Waals surface area contributed by atoms with E-state index in [1.165, 1.54) is 0 Å². The minimum Gasteiger partial charge on any atom is -0.481 e. The number of rotatable bonds is 13. The largest absolute Gasteiger partial charge is 0.481 e. The molecule has 2 amide bonds. The number of unbranched alkanes of at least 4 members (excludes halogenated alkanes) is 1. The fraction of sp³-hybridized carbons (Fsp3) is 0.583. The number of carboxylic acid groups (broad SMARTS) is 1. The molecular formula is C36H51N4O6+. The van der Waals surface area contributed by atoms with E-state index >= 15 is 0 Å². The third-order valence-corrected chi connectivity index (χ3v) is 9.68. The Morgan fingerprint density at radius 2 is 1.85 bits per heavy atom. The maximum Gasteiger partial charge on any atom is 0.308 e. The Labute approximate surface area is 273 Å². The Bertz CT molecular complexity index is 1440. The molecule has 2 aromatic carbocycles. The molecule has 5 rings (SSSR count). The number of aliphatic carboxylic acids is 1. The molecule has 0 bridgehead atoms. The number of carboxylic acids is 1. The standard InChI is InChI=1S/C36H50N4O6/c1-7-8-16-39(27-11-9-10-25(19-27)23-40(4,5)6)32(41)22-38-21-28(26-12-13-30-31(20-26)46-24-45-30)33(34(42)43)29(38)14-17-37-18-15-36(2,3)35(37)44/h9-13,19-20,28-29,33H,7-8,14-18,21-24H2,1-6H3/p+1/t28-,29+,33-/m1/s1. The monoisotopic (exact) mass is 635 g/mol. The minimum absolute atomic E-state index is 0.0466. The fourth-order valence-corrected chi connectivity index (χ4v) is 7.23. The van der Waals surface area contributed by atoms with E-state index in [1.807, 2.05) is 54.0 Å². The third-order valence-electron chi connectivity index (χ3n) is 9.68. The summed E-state index contributed by atoms with van der Waals surface area (Å²) in [4.78, 5) is 46.1. The van der Waals surface area contributed by atoms with Gasteiger partial charge in [-0.25, -0.2) is 0 Å². The quantitative estimate of drug-likeness (QED) is 0.322. The number of hydrogen-bond acceptors (Lipinski definition) is 6. The van der Waals surface area contributed by atoms with Crippen LogP contribution in [-0.4, -0.2) is 104 Å². The Kier molecular flexibility index (Phi) is 9.98. The number of ether oxygens (including phenoxy) is 2. The number of nitrogens with zero attached hydrogens (tertiary/aromatic N) is 4. The molecule has 0 saturated carbocycles. The molecule has 0 aliphatic carbocycles. The van der Waals surface area contributed by atoms with E-state index in [2.05, 4.69) is 45.1 Å². The summed E-state index contributed by atoms with van der Waals surface area (Å²) in [6.07, 6.45) is 3.06. The first-order chi connectivity index (χ1) is 21.8. The zero-order valence-electron chi connectivity index (χ0n) is 28.3. The number of likely N-dealkylation sites (tertiary alicyclic amines) is 2. The van der Waals surface area contributed by atoms with Gasteiger partial charge in [0.25, 0.3) is 0 Å². The lowest BCUT2D eigenvalue weighted by Crippen LogP contribution is -2.46. The number of fused-ring (bicyclic) bond motifs is 1. The van der Waals surface area contributed by atoms with Gasteiger partial charge in [-0.1, -0.05) is 45.4 Å². The fourth-order valence-electron chi connectivity index (χ4n) is 7.23. The van der Waals surface area contributed by atoms with Crippen molar-refractivity contribution in [2.45, 2.75) is 65.0 Å². The minimum atomic E-state index is -0.897.